The van der Waals surface area contributed by atoms with Crippen LogP contribution < -0.4 is 10.1 Å². The second-order valence-corrected chi connectivity index (χ2v) is 5.75. The molecular weight excluding hydrogens is 312 g/mol. The van der Waals surface area contributed by atoms with E-state index < -0.39 is 0 Å². The highest BCUT2D eigenvalue weighted by atomic mass is 16.5. The molecule has 1 aromatic heterocycles. The van der Waals surface area contributed by atoms with Crippen molar-refractivity contribution in [2.75, 3.05) is 12.4 Å². The number of nitrogens with one attached hydrogen (secondary N) is 1. The molecule has 4 nitrogen and oxygen atoms in total. The van der Waals surface area contributed by atoms with Crippen molar-refractivity contribution in [3.63, 3.8) is 0 Å². The zero-order valence-corrected chi connectivity index (χ0v) is 14.1. The molecule has 0 fully saturated rings. The highest BCUT2D eigenvalue weighted by Gasteiger charge is 2.21. The lowest BCUT2D eigenvalue weighted by Gasteiger charge is -2.17. The molecule has 126 valence electrons. The van der Waals surface area contributed by atoms with E-state index >= 15 is 0 Å². The van der Waals surface area contributed by atoms with Crippen molar-refractivity contribution in [1.29, 1.82) is 0 Å². The Hall–Kier alpha value is -3.14. The van der Waals surface area contributed by atoms with Crippen LogP contribution in [0.4, 0.5) is 5.69 Å². The number of benzene rings is 2. The minimum Gasteiger partial charge on any atom is -0.497 e. The lowest BCUT2D eigenvalue weighted by atomic mass is 9.91. The van der Waals surface area contributed by atoms with E-state index in [0.29, 0.717) is 6.42 Å². The molecule has 0 aliphatic rings. The van der Waals surface area contributed by atoms with Crippen molar-refractivity contribution >= 4 is 11.6 Å². The van der Waals surface area contributed by atoms with E-state index in [0.717, 1.165) is 22.6 Å². The molecule has 0 aliphatic heterocycles. The summed E-state index contributed by atoms with van der Waals surface area (Å²) in [4.78, 5) is 17.1. The highest BCUT2D eigenvalue weighted by Crippen LogP contribution is 2.23. The lowest BCUT2D eigenvalue weighted by Crippen LogP contribution is -2.23. The number of carbonyl (C=O) groups excluding carboxylic acids is 1. The van der Waals surface area contributed by atoms with E-state index in [2.05, 4.69) is 10.3 Å². The van der Waals surface area contributed by atoms with Gasteiger partial charge < -0.3 is 10.1 Å². The molecule has 0 radical (unpaired) electrons. The molecule has 1 heterocycles. The van der Waals surface area contributed by atoms with Crippen LogP contribution in [0.25, 0.3) is 0 Å². The maximum absolute atomic E-state index is 12.9. The lowest BCUT2D eigenvalue weighted by molar-refractivity contribution is -0.117. The minimum atomic E-state index is -0.285. The van der Waals surface area contributed by atoms with Gasteiger partial charge in [0, 0.05) is 18.1 Å². The second-order valence-electron chi connectivity index (χ2n) is 5.75. The number of hydrogen-bond donors (Lipinski definition) is 1. The Morgan fingerprint density at radius 3 is 2.44 bits per heavy atom. The van der Waals surface area contributed by atoms with E-state index in [-0.39, 0.29) is 11.8 Å². The maximum Gasteiger partial charge on any atom is 0.232 e. The van der Waals surface area contributed by atoms with Gasteiger partial charge in [0.05, 0.1) is 13.0 Å². The predicted octanol–water partition coefficient (Wildman–Crippen LogP) is 4.06. The van der Waals surface area contributed by atoms with Crippen LogP contribution >= 0.6 is 0 Å². The number of ether oxygens (including phenoxy) is 1. The molecule has 1 N–H and O–H groups in total. The number of rotatable bonds is 6. The SMILES string of the molecule is COc1ccc(NC(=O)C(Cc2cccnc2)c2ccccc2)cc1. The maximum atomic E-state index is 12.9. The van der Waals surface area contributed by atoms with E-state index in [4.69, 9.17) is 4.74 Å². The zero-order chi connectivity index (χ0) is 17.5. The third-order valence-electron chi connectivity index (χ3n) is 4.04. The summed E-state index contributed by atoms with van der Waals surface area (Å²) in [6.45, 7) is 0. The normalized spacial score (nSPS) is 11.6. The number of aromatic nitrogens is 1. The summed E-state index contributed by atoms with van der Waals surface area (Å²) in [5.41, 5.74) is 2.76. The first kappa shape index (κ1) is 16.7. The molecule has 25 heavy (non-hydrogen) atoms. The van der Waals surface area contributed by atoms with Gasteiger partial charge in [-0.1, -0.05) is 36.4 Å². The molecule has 0 bridgehead atoms. The molecule has 0 spiro atoms. The summed E-state index contributed by atoms with van der Waals surface area (Å²) in [7, 11) is 1.62. The Balaban J connectivity index is 1.81. The molecule has 1 unspecified atom stereocenters. The summed E-state index contributed by atoms with van der Waals surface area (Å²) in [5.74, 6) is 0.431. The molecule has 4 heteroatoms. The topological polar surface area (TPSA) is 51.2 Å². The van der Waals surface area contributed by atoms with Crippen LogP contribution in [-0.4, -0.2) is 18.0 Å². The van der Waals surface area contributed by atoms with E-state index in [1.165, 1.54) is 0 Å². The summed E-state index contributed by atoms with van der Waals surface area (Å²) in [6, 6.07) is 21.0. The van der Waals surface area contributed by atoms with Gasteiger partial charge in [0.2, 0.25) is 5.91 Å². The Morgan fingerprint density at radius 2 is 1.80 bits per heavy atom. The first-order valence-electron chi connectivity index (χ1n) is 8.15. The predicted molar refractivity (Wildman–Crippen MR) is 98.7 cm³/mol. The van der Waals surface area contributed by atoms with E-state index in [9.17, 15) is 4.79 Å². The minimum absolute atomic E-state index is 0.0415. The van der Waals surface area contributed by atoms with Gasteiger partial charge >= 0.3 is 0 Å². The Kier molecular flexibility index (Phi) is 5.42. The summed E-state index contributed by atoms with van der Waals surface area (Å²) in [5, 5.41) is 3.00. The molecular formula is C21H20N2O2. The fraction of sp³-hybridized carbons (Fsp3) is 0.143. The summed E-state index contributed by atoms with van der Waals surface area (Å²) in [6.07, 6.45) is 4.13. The fourth-order valence-electron chi connectivity index (χ4n) is 2.71. The smallest absolute Gasteiger partial charge is 0.232 e. The highest BCUT2D eigenvalue weighted by molar-refractivity contribution is 5.96. The van der Waals surface area contributed by atoms with Crippen LogP contribution in [0.3, 0.4) is 0 Å². The molecule has 1 amide bonds. The van der Waals surface area contributed by atoms with Crippen molar-refractivity contribution in [2.45, 2.75) is 12.3 Å². The number of hydrogen-bond acceptors (Lipinski definition) is 3. The quantitative estimate of drug-likeness (QED) is 0.741. The van der Waals surface area contributed by atoms with Crippen LogP contribution in [0.2, 0.25) is 0 Å². The number of pyridine rings is 1. The number of carbonyl (C=O) groups is 1. The summed E-state index contributed by atoms with van der Waals surface area (Å²) >= 11 is 0. The van der Waals surface area contributed by atoms with Gasteiger partial charge in [-0.25, -0.2) is 0 Å². The molecule has 1 atom stereocenters. The van der Waals surface area contributed by atoms with E-state index in [1.54, 1.807) is 19.5 Å². The van der Waals surface area contributed by atoms with Crippen molar-refractivity contribution < 1.29 is 9.53 Å². The van der Waals surface area contributed by atoms with Crippen LogP contribution in [-0.2, 0) is 11.2 Å². The number of anilines is 1. The van der Waals surface area contributed by atoms with Crippen LogP contribution in [0.5, 0.6) is 5.75 Å². The largest absolute Gasteiger partial charge is 0.497 e. The Bertz CT molecular complexity index is 802. The third kappa shape index (κ3) is 4.44. The van der Waals surface area contributed by atoms with Gasteiger partial charge in [-0.2, -0.15) is 0 Å². The Morgan fingerprint density at radius 1 is 1.04 bits per heavy atom. The Labute approximate surface area is 147 Å². The first-order chi connectivity index (χ1) is 12.3. The number of methoxy groups -OCH3 is 1. The van der Waals surface area contributed by atoms with Crippen LogP contribution in [0.15, 0.2) is 79.1 Å². The zero-order valence-electron chi connectivity index (χ0n) is 14.1. The number of amides is 1. The van der Waals surface area contributed by atoms with Crippen LogP contribution in [0.1, 0.15) is 17.0 Å². The fourth-order valence-corrected chi connectivity index (χ4v) is 2.71. The van der Waals surface area contributed by atoms with Crippen molar-refractivity contribution in [1.82, 2.24) is 4.98 Å². The third-order valence-corrected chi connectivity index (χ3v) is 4.04. The van der Waals surface area contributed by atoms with Gasteiger partial charge in [-0.3, -0.25) is 9.78 Å². The van der Waals surface area contributed by atoms with Crippen molar-refractivity contribution in [3.8, 4) is 5.75 Å². The van der Waals surface area contributed by atoms with Gasteiger partial charge in [-0.05, 0) is 47.9 Å². The first-order valence-corrected chi connectivity index (χ1v) is 8.15. The van der Waals surface area contributed by atoms with Gasteiger partial charge in [0.25, 0.3) is 0 Å². The average molecular weight is 332 g/mol. The molecule has 0 saturated heterocycles. The van der Waals surface area contributed by atoms with Gasteiger partial charge in [-0.15, -0.1) is 0 Å². The van der Waals surface area contributed by atoms with Gasteiger partial charge in [0.15, 0.2) is 0 Å². The van der Waals surface area contributed by atoms with Crippen LogP contribution in [0, 0.1) is 0 Å². The second kappa shape index (κ2) is 8.11. The molecule has 0 saturated carbocycles. The molecule has 0 aliphatic carbocycles. The number of nitrogens with zero attached hydrogens (tertiary/aromatic N) is 1. The standard InChI is InChI=1S/C21H20N2O2/c1-25-19-11-9-18(10-12-19)23-21(24)20(17-7-3-2-4-8-17)14-16-6-5-13-22-15-16/h2-13,15,20H,14H2,1H3,(H,23,24). The average Bonchev–Trinajstić information content (AvgIpc) is 2.68. The molecule has 3 aromatic rings. The molecule has 2 aromatic carbocycles. The van der Waals surface area contributed by atoms with E-state index in [1.807, 2.05) is 66.7 Å². The van der Waals surface area contributed by atoms with Gasteiger partial charge in [0.1, 0.15) is 5.75 Å². The monoisotopic (exact) mass is 332 g/mol. The summed E-state index contributed by atoms with van der Waals surface area (Å²) < 4.78 is 5.15. The molecule has 3 rings (SSSR count). The van der Waals surface area contributed by atoms with Crippen molar-refractivity contribution in [2.24, 2.45) is 0 Å². The van der Waals surface area contributed by atoms with Crippen molar-refractivity contribution in [3.05, 3.63) is 90.3 Å².